The van der Waals surface area contributed by atoms with Crippen LogP contribution in [0.4, 0.5) is 9.59 Å². The van der Waals surface area contributed by atoms with Crippen LogP contribution in [0.3, 0.4) is 0 Å². The number of rotatable bonds is 11. The average Bonchev–Trinajstić information content (AvgIpc) is 2.84. The number of hydrogen-bond donors (Lipinski definition) is 1. The number of carbonyl (C=O) groups is 4. The lowest BCUT2D eigenvalue weighted by Gasteiger charge is -2.26. The first-order chi connectivity index (χ1) is 17.9. The van der Waals surface area contributed by atoms with Crippen molar-refractivity contribution < 1.29 is 47.6 Å². The summed E-state index contributed by atoms with van der Waals surface area (Å²) >= 11 is 0. The first-order valence-electron chi connectivity index (χ1n) is 11.9. The maximum Gasteiger partial charge on any atom is 0.514 e. The molecule has 0 spiro atoms. The first-order valence-corrected chi connectivity index (χ1v) is 11.9. The van der Waals surface area contributed by atoms with E-state index in [-0.39, 0.29) is 43.4 Å². The Kier molecular flexibility index (Phi) is 13.2. The molecule has 2 aromatic rings. The van der Waals surface area contributed by atoms with Crippen molar-refractivity contribution in [2.75, 3.05) is 13.7 Å². The Morgan fingerprint density at radius 2 is 1.41 bits per heavy atom. The van der Waals surface area contributed by atoms with Gasteiger partial charge in [-0.15, -0.1) is 12.4 Å². The predicted molar refractivity (Wildman–Crippen MR) is 142 cm³/mol. The van der Waals surface area contributed by atoms with Gasteiger partial charge in [0.1, 0.15) is 5.54 Å². The SMILES string of the molecule is COC(=O)[C@@](N)(CCOC(=O)c1ccccc1)Cc1ccc(OC(=O)OC(C)C)c(OC(=O)OC(C)C)c1.Cl. The van der Waals surface area contributed by atoms with E-state index in [0.29, 0.717) is 11.1 Å². The van der Waals surface area contributed by atoms with Crippen LogP contribution >= 0.6 is 12.4 Å². The standard InChI is InChI=1S/C27H33NO10.ClH/c1-17(2)35-25(31)37-21-12-11-19(15-22(21)38-26(32)36-18(3)4)16-27(28,24(30)33-5)13-14-34-23(29)20-9-7-6-8-10-20;/h6-12,15,17-18H,13-14,16,28H2,1-5H3;1H/t27-;/m1./s1. The predicted octanol–water partition coefficient (Wildman–Crippen LogP) is 4.62. The Balaban J connectivity index is 0.00000760. The molecule has 11 nitrogen and oxygen atoms in total. The molecule has 2 N–H and O–H groups in total. The summed E-state index contributed by atoms with van der Waals surface area (Å²) in [6.07, 6.45) is -3.09. The summed E-state index contributed by atoms with van der Waals surface area (Å²) in [5.41, 5.74) is 5.59. The van der Waals surface area contributed by atoms with Gasteiger partial charge in [-0.05, 0) is 57.5 Å². The number of carbonyl (C=O) groups excluding carboxylic acids is 4. The van der Waals surface area contributed by atoms with Crippen molar-refractivity contribution in [3.8, 4) is 11.5 Å². The maximum absolute atomic E-state index is 12.6. The van der Waals surface area contributed by atoms with Crippen molar-refractivity contribution in [3.63, 3.8) is 0 Å². The van der Waals surface area contributed by atoms with E-state index < -0.39 is 42.0 Å². The molecule has 0 saturated heterocycles. The molecule has 0 aliphatic carbocycles. The van der Waals surface area contributed by atoms with Crippen LogP contribution < -0.4 is 15.2 Å². The molecule has 0 saturated carbocycles. The second-order valence-electron chi connectivity index (χ2n) is 8.89. The lowest BCUT2D eigenvalue weighted by molar-refractivity contribution is -0.147. The number of esters is 2. The van der Waals surface area contributed by atoms with Crippen LogP contribution in [0.25, 0.3) is 0 Å². The quantitative estimate of drug-likeness (QED) is 0.230. The average molecular weight is 568 g/mol. The molecule has 2 rings (SSSR count). The van der Waals surface area contributed by atoms with Crippen LogP contribution in [0.1, 0.15) is 50.0 Å². The van der Waals surface area contributed by atoms with Gasteiger partial charge in [0.25, 0.3) is 0 Å². The van der Waals surface area contributed by atoms with Crippen molar-refractivity contribution in [2.24, 2.45) is 5.73 Å². The largest absolute Gasteiger partial charge is 0.514 e. The van der Waals surface area contributed by atoms with Gasteiger partial charge in [-0.3, -0.25) is 4.79 Å². The van der Waals surface area contributed by atoms with Crippen LogP contribution in [-0.4, -0.2) is 55.7 Å². The van der Waals surface area contributed by atoms with Gasteiger partial charge < -0.3 is 34.2 Å². The van der Waals surface area contributed by atoms with Gasteiger partial charge in [-0.25, -0.2) is 14.4 Å². The van der Waals surface area contributed by atoms with Gasteiger partial charge in [-0.1, -0.05) is 24.3 Å². The monoisotopic (exact) mass is 567 g/mol. The fourth-order valence-corrected chi connectivity index (χ4v) is 3.25. The summed E-state index contributed by atoms with van der Waals surface area (Å²) in [5, 5.41) is 0. The summed E-state index contributed by atoms with van der Waals surface area (Å²) in [6, 6.07) is 12.6. The smallest absolute Gasteiger partial charge is 0.468 e. The van der Waals surface area contributed by atoms with Crippen LogP contribution in [0, 0.1) is 0 Å². The summed E-state index contributed by atoms with van der Waals surface area (Å²) in [4.78, 5) is 49.0. The van der Waals surface area contributed by atoms with E-state index in [9.17, 15) is 19.2 Å². The zero-order chi connectivity index (χ0) is 28.3. The van der Waals surface area contributed by atoms with E-state index in [0.717, 1.165) is 0 Å². The number of methoxy groups -OCH3 is 1. The minimum Gasteiger partial charge on any atom is -0.468 e. The third-order valence-corrected chi connectivity index (χ3v) is 4.96. The lowest BCUT2D eigenvalue weighted by atomic mass is 9.88. The summed E-state index contributed by atoms with van der Waals surface area (Å²) in [6.45, 7) is 6.41. The van der Waals surface area contributed by atoms with E-state index in [1.807, 2.05) is 0 Å². The Bertz CT molecular complexity index is 1120. The first kappa shape index (κ1) is 33.2. The molecule has 0 unspecified atom stereocenters. The number of halogens is 1. The summed E-state index contributed by atoms with van der Waals surface area (Å²) in [7, 11) is 1.19. The zero-order valence-corrected chi connectivity index (χ0v) is 23.3. The van der Waals surface area contributed by atoms with Crippen molar-refractivity contribution in [1.82, 2.24) is 0 Å². The topological polar surface area (TPSA) is 150 Å². The van der Waals surface area contributed by atoms with Gasteiger partial charge in [-0.2, -0.15) is 0 Å². The van der Waals surface area contributed by atoms with Crippen molar-refractivity contribution in [3.05, 3.63) is 59.7 Å². The fraction of sp³-hybridized carbons (Fsp3) is 0.407. The van der Waals surface area contributed by atoms with Crippen molar-refractivity contribution in [1.29, 1.82) is 0 Å². The molecule has 39 heavy (non-hydrogen) atoms. The highest BCUT2D eigenvalue weighted by Crippen LogP contribution is 2.31. The maximum atomic E-state index is 12.6. The van der Waals surface area contributed by atoms with E-state index in [1.165, 1.54) is 25.3 Å². The highest BCUT2D eigenvalue weighted by Gasteiger charge is 2.36. The summed E-state index contributed by atoms with van der Waals surface area (Å²) < 4.78 is 30.6. The molecule has 0 heterocycles. The zero-order valence-electron chi connectivity index (χ0n) is 22.5. The molecular formula is C27H34ClNO10. The Morgan fingerprint density at radius 1 is 0.846 bits per heavy atom. The normalized spacial score (nSPS) is 12.0. The highest BCUT2D eigenvalue weighted by atomic mass is 35.5. The van der Waals surface area contributed by atoms with E-state index >= 15 is 0 Å². The second kappa shape index (κ2) is 15.6. The highest BCUT2D eigenvalue weighted by molar-refractivity contribution is 5.89. The summed E-state index contributed by atoms with van der Waals surface area (Å²) in [5.74, 6) is -1.57. The fourth-order valence-electron chi connectivity index (χ4n) is 3.25. The lowest BCUT2D eigenvalue weighted by Crippen LogP contribution is -2.51. The molecule has 2 aromatic carbocycles. The second-order valence-corrected chi connectivity index (χ2v) is 8.89. The van der Waals surface area contributed by atoms with Gasteiger partial charge in [0.05, 0.1) is 31.5 Å². The van der Waals surface area contributed by atoms with Crippen LogP contribution in [0.2, 0.25) is 0 Å². The van der Waals surface area contributed by atoms with Crippen LogP contribution in [0.15, 0.2) is 48.5 Å². The van der Waals surface area contributed by atoms with Crippen molar-refractivity contribution in [2.45, 2.75) is 58.3 Å². The van der Waals surface area contributed by atoms with Crippen LogP contribution in [-0.2, 0) is 30.2 Å². The molecule has 0 aliphatic heterocycles. The molecule has 0 amide bonds. The Morgan fingerprint density at radius 3 is 1.95 bits per heavy atom. The Labute approximate surface area is 233 Å². The molecule has 0 radical (unpaired) electrons. The molecule has 214 valence electrons. The van der Waals surface area contributed by atoms with Gasteiger partial charge in [0, 0.05) is 12.8 Å². The van der Waals surface area contributed by atoms with E-state index in [1.54, 1.807) is 58.0 Å². The van der Waals surface area contributed by atoms with E-state index in [2.05, 4.69) is 0 Å². The third kappa shape index (κ3) is 10.8. The van der Waals surface area contributed by atoms with Gasteiger partial charge in [0.15, 0.2) is 11.5 Å². The number of ether oxygens (including phenoxy) is 6. The van der Waals surface area contributed by atoms with Crippen LogP contribution in [0.5, 0.6) is 11.5 Å². The van der Waals surface area contributed by atoms with E-state index in [4.69, 9.17) is 34.2 Å². The number of hydrogen-bond acceptors (Lipinski definition) is 11. The minimum absolute atomic E-state index is 0. The molecule has 0 fully saturated rings. The molecule has 0 aliphatic rings. The molecular weight excluding hydrogens is 534 g/mol. The van der Waals surface area contributed by atoms with Gasteiger partial charge in [0.2, 0.25) is 0 Å². The molecule has 0 aromatic heterocycles. The number of nitrogens with two attached hydrogens (primary N) is 1. The van der Waals surface area contributed by atoms with Crippen molar-refractivity contribution >= 4 is 36.7 Å². The molecule has 12 heteroatoms. The Hall–Kier alpha value is -3.83. The van der Waals surface area contributed by atoms with Gasteiger partial charge >= 0.3 is 24.2 Å². The molecule has 0 bridgehead atoms. The minimum atomic E-state index is -1.60. The molecule has 1 atom stereocenters. The third-order valence-electron chi connectivity index (χ3n) is 4.96. The number of benzene rings is 2.